The summed E-state index contributed by atoms with van der Waals surface area (Å²) >= 11 is 0. The van der Waals surface area contributed by atoms with Gasteiger partial charge in [-0.05, 0) is 100 Å². The normalized spacial score (nSPS) is 34.4. The lowest BCUT2D eigenvalue weighted by Crippen LogP contribution is -2.48. The molecule has 8 rings (SSSR count). The first-order valence-corrected chi connectivity index (χ1v) is 23.1. The van der Waals surface area contributed by atoms with Crippen LogP contribution >= 0.6 is 0 Å². The quantitative estimate of drug-likeness (QED) is 0.153. The number of allylic oxidation sites excluding steroid dienone is 2. The molecule has 13 nitrogen and oxygen atoms in total. The Bertz CT molecular complexity index is 2090. The van der Waals surface area contributed by atoms with Gasteiger partial charge in [-0.3, -0.25) is 23.9 Å². The van der Waals surface area contributed by atoms with Gasteiger partial charge < -0.3 is 23.8 Å². The van der Waals surface area contributed by atoms with Crippen LogP contribution in [0, 0.1) is 40.9 Å². The Morgan fingerprint density at radius 2 is 1.73 bits per heavy atom. The van der Waals surface area contributed by atoms with Crippen LogP contribution < -0.4 is 14.2 Å². The summed E-state index contributed by atoms with van der Waals surface area (Å²) in [6, 6.07) is 6.58. The van der Waals surface area contributed by atoms with E-state index in [4.69, 9.17) is 18.9 Å². The van der Waals surface area contributed by atoms with E-state index in [2.05, 4.69) is 16.6 Å². The number of amides is 2. The molecule has 6 aliphatic rings. The maximum Gasteiger partial charge on any atom is 0.306 e. The third-order valence-electron chi connectivity index (χ3n) is 14.2. The van der Waals surface area contributed by atoms with Gasteiger partial charge >= 0.3 is 5.97 Å². The molecular formula is C45H59N3O10S. The first-order chi connectivity index (χ1) is 28.2. The molecule has 4 aliphatic carbocycles. The molecule has 14 heteroatoms. The Morgan fingerprint density at radius 1 is 0.983 bits per heavy atom. The van der Waals surface area contributed by atoms with Gasteiger partial charge in [0, 0.05) is 30.7 Å². The molecule has 2 aromatic rings. The Labute approximate surface area is 347 Å². The van der Waals surface area contributed by atoms with Crippen molar-refractivity contribution in [2.75, 3.05) is 26.9 Å². The second kappa shape index (κ2) is 16.4. The highest BCUT2D eigenvalue weighted by molar-refractivity contribution is 7.91. The maximum atomic E-state index is 15.0. The van der Waals surface area contributed by atoms with Crippen molar-refractivity contribution in [1.82, 2.24) is 14.6 Å². The Morgan fingerprint density at radius 3 is 2.46 bits per heavy atom. The molecule has 5 fully saturated rings. The second-order valence-corrected chi connectivity index (χ2v) is 21.0. The summed E-state index contributed by atoms with van der Waals surface area (Å²) < 4.78 is 51.6. The Hall–Kier alpha value is -4.04. The minimum atomic E-state index is -3.95. The molecule has 4 saturated carbocycles. The van der Waals surface area contributed by atoms with Crippen LogP contribution in [0.4, 0.5) is 0 Å². The molecule has 0 radical (unpaired) electrons. The van der Waals surface area contributed by atoms with Crippen LogP contribution in [0.2, 0.25) is 0 Å². The molecule has 59 heavy (non-hydrogen) atoms. The zero-order chi connectivity index (χ0) is 41.7. The summed E-state index contributed by atoms with van der Waals surface area (Å²) in [7, 11) is -2.35. The van der Waals surface area contributed by atoms with E-state index in [1.807, 2.05) is 43.3 Å². The van der Waals surface area contributed by atoms with E-state index in [1.165, 1.54) is 6.42 Å². The Kier molecular flexibility index (Phi) is 11.6. The lowest BCUT2D eigenvalue weighted by molar-refractivity contribution is -0.155. The molecule has 3 heterocycles. The molecule has 1 aromatic carbocycles. The fourth-order valence-corrected chi connectivity index (χ4v) is 11.3. The standard InChI is InChI=1S/C45H59N3O10S/c1-27-9-5-6-10-31-23-45(31,43(52)47-59(53,54)44(3)13-14-44)24-38(49)37-21-33(58-41-35-12-8-7-11-34(35)39(25-46-41)56-16-15-55-4)26-48(37)42(51)36(28(2)17-27)22-40(50)57-32-19-29-18-30(29)20-32/h6-8,10-12,25,27-33,36-37H,5,9,13-24,26H2,1-4H3,(H,47,52)/b10-6-/t27-,28-,29+,30?,31-,32?,33-,36+,37+,45-/m1/s1. The molecule has 10 atom stereocenters. The molecule has 320 valence electrons. The van der Waals surface area contributed by atoms with E-state index in [-0.39, 0.29) is 61.4 Å². The number of Topliss-reactive ketones (excluding diaryl/α,β-unsaturated/α-hetero) is 1. The molecule has 1 saturated heterocycles. The minimum absolute atomic E-state index is 0.0619. The van der Waals surface area contributed by atoms with Gasteiger partial charge in [-0.25, -0.2) is 13.4 Å². The number of pyridine rings is 1. The van der Waals surface area contributed by atoms with Crippen molar-refractivity contribution in [1.29, 1.82) is 0 Å². The molecule has 0 spiro atoms. The summed E-state index contributed by atoms with van der Waals surface area (Å²) in [4.78, 5) is 63.7. The van der Waals surface area contributed by atoms with Crippen LogP contribution in [-0.4, -0.2) is 91.7 Å². The number of carbonyl (C=O) groups excluding carboxylic acids is 4. The summed E-state index contributed by atoms with van der Waals surface area (Å²) in [5.74, 6) is -0.599. The number of nitrogens with zero attached hydrogens (tertiary/aromatic N) is 2. The van der Waals surface area contributed by atoms with E-state index in [9.17, 15) is 22.8 Å². The van der Waals surface area contributed by atoms with Crippen LogP contribution in [-0.2, 0) is 38.7 Å². The number of nitrogens with one attached hydrogen (secondary N) is 1. The smallest absolute Gasteiger partial charge is 0.306 e. The highest BCUT2D eigenvalue weighted by Crippen LogP contribution is 2.58. The van der Waals surface area contributed by atoms with E-state index in [0.29, 0.717) is 67.7 Å². The first kappa shape index (κ1) is 41.7. The van der Waals surface area contributed by atoms with Crippen molar-refractivity contribution in [2.45, 2.75) is 121 Å². The summed E-state index contributed by atoms with van der Waals surface area (Å²) in [5, 5.41) is 1.48. The summed E-state index contributed by atoms with van der Waals surface area (Å²) in [6.45, 7) is 6.57. The minimum Gasteiger partial charge on any atom is -0.489 e. The van der Waals surface area contributed by atoms with Gasteiger partial charge in [-0.1, -0.05) is 44.2 Å². The highest BCUT2D eigenvalue weighted by atomic mass is 32.2. The molecule has 0 bridgehead atoms. The first-order valence-electron chi connectivity index (χ1n) is 21.6. The molecule has 1 N–H and O–H groups in total. The van der Waals surface area contributed by atoms with Gasteiger partial charge in [0.2, 0.25) is 27.7 Å². The maximum absolute atomic E-state index is 15.0. The SMILES string of the molecule is COCCOc1cnc(O[C@@H]2C[C@H]3C(=O)C[C@]4(C(=O)NS(=O)(=O)C5(C)CC5)C[C@H]4/C=C\CC[C@@H](C)C[C@@H](C)[C@H](CC(=O)OC4CC5C[C@H]5C4)C(=O)N3C2)c2ccccc12. The van der Waals surface area contributed by atoms with Gasteiger partial charge in [0.05, 0.1) is 47.9 Å². The number of fused-ring (bicyclic) bond motifs is 4. The number of sulfonamides is 1. The monoisotopic (exact) mass is 833 g/mol. The average Bonchev–Trinajstić information content (AvgIpc) is 4.16. The largest absolute Gasteiger partial charge is 0.489 e. The van der Waals surface area contributed by atoms with Crippen LogP contribution in [0.5, 0.6) is 11.6 Å². The number of aromatic nitrogens is 1. The van der Waals surface area contributed by atoms with Crippen molar-refractivity contribution < 1.29 is 46.5 Å². The molecule has 2 unspecified atom stereocenters. The van der Waals surface area contributed by atoms with Crippen LogP contribution in [0.25, 0.3) is 10.8 Å². The predicted molar refractivity (Wildman–Crippen MR) is 219 cm³/mol. The number of esters is 1. The zero-order valence-corrected chi connectivity index (χ0v) is 35.5. The van der Waals surface area contributed by atoms with E-state index in [0.717, 1.165) is 31.1 Å². The number of hydrogen-bond donors (Lipinski definition) is 1. The van der Waals surface area contributed by atoms with E-state index in [1.54, 1.807) is 25.1 Å². The van der Waals surface area contributed by atoms with Crippen molar-refractivity contribution >= 4 is 44.4 Å². The molecule has 2 amide bonds. The number of ether oxygens (including phenoxy) is 4. The van der Waals surface area contributed by atoms with E-state index >= 15 is 4.79 Å². The van der Waals surface area contributed by atoms with Gasteiger partial charge in [0.1, 0.15) is 24.6 Å². The number of methoxy groups -OCH3 is 1. The van der Waals surface area contributed by atoms with Crippen LogP contribution in [0.3, 0.4) is 0 Å². The fourth-order valence-electron chi connectivity index (χ4n) is 10.00. The van der Waals surface area contributed by atoms with Crippen molar-refractivity contribution in [3.05, 3.63) is 42.6 Å². The lowest BCUT2D eigenvalue weighted by atomic mass is 9.82. The van der Waals surface area contributed by atoms with Gasteiger partial charge in [-0.2, -0.15) is 0 Å². The topological polar surface area (TPSA) is 167 Å². The number of rotatable bonds is 12. The predicted octanol–water partition coefficient (Wildman–Crippen LogP) is 5.93. The van der Waals surface area contributed by atoms with Crippen molar-refractivity contribution in [2.24, 2.45) is 40.9 Å². The van der Waals surface area contributed by atoms with Crippen molar-refractivity contribution in [3.8, 4) is 11.6 Å². The van der Waals surface area contributed by atoms with Crippen LogP contribution in [0.15, 0.2) is 42.6 Å². The van der Waals surface area contributed by atoms with Crippen LogP contribution in [0.1, 0.15) is 97.8 Å². The number of ketones is 1. The third-order valence-corrected chi connectivity index (χ3v) is 16.4. The number of carbonyl (C=O) groups is 4. The molecule has 1 aromatic heterocycles. The van der Waals surface area contributed by atoms with Crippen molar-refractivity contribution in [3.63, 3.8) is 0 Å². The van der Waals surface area contributed by atoms with Gasteiger partial charge in [0.25, 0.3) is 0 Å². The molecular weight excluding hydrogens is 775 g/mol. The van der Waals surface area contributed by atoms with Gasteiger partial charge in [-0.15, -0.1) is 0 Å². The van der Waals surface area contributed by atoms with Gasteiger partial charge in [0.15, 0.2) is 5.78 Å². The number of hydrogen-bond acceptors (Lipinski definition) is 11. The zero-order valence-electron chi connectivity index (χ0n) is 34.7. The summed E-state index contributed by atoms with van der Waals surface area (Å²) in [6.07, 6.45) is 11.1. The Balaban J connectivity index is 1.09. The fraction of sp³-hybridized carbons (Fsp3) is 0.667. The highest BCUT2D eigenvalue weighted by Gasteiger charge is 2.63. The molecule has 2 aliphatic heterocycles. The second-order valence-electron chi connectivity index (χ2n) is 18.8. The lowest BCUT2D eigenvalue weighted by Gasteiger charge is -2.32. The summed E-state index contributed by atoms with van der Waals surface area (Å²) in [5.41, 5.74) is -1.26. The van der Waals surface area contributed by atoms with E-state index < -0.39 is 50.1 Å². The third kappa shape index (κ3) is 8.76. The number of benzene rings is 1. The average molecular weight is 834 g/mol.